The van der Waals surface area contributed by atoms with Crippen LogP contribution in [0.3, 0.4) is 0 Å². The first-order valence-electron chi connectivity index (χ1n) is 6.00. The summed E-state index contributed by atoms with van der Waals surface area (Å²) in [7, 11) is 0. The van der Waals surface area contributed by atoms with Crippen molar-refractivity contribution in [3.05, 3.63) is 35.4 Å². The Kier molecular flexibility index (Phi) is 5.38. The van der Waals surface area contributed by atoms with E-state index in [1.807, 2.05) is 0 Å². The number of rotatable bonds is 7. The van der Waals surface area contributed by atoms with Crippen LogP contribution in [-0.2, 0) is 16.0 Å². The summed E-state index contributed by atoms with van der Waals surface area (Å²) in [6, 6.07) is 5.69. The fourth-order valence-corrected chi connectivity index (χ4v) is 1.60. The van der Waals surface area contributed by atoms with E-state index in [0.717, 1.165) is 5.56 Å². The molecule has 19 heavy (non-hydrogen) atoms. The second kappa shape index (κ2) is 6.80. The summed E-state index contributed by atoms with van der Waals surface area (Å²) >= 11 is 0. The number of ketones is 2. The Morgan fingerprint density at radius 3 is 2.21 bits per heavy atom. The van der Waals surface area contributed by atoms with Crippen molar-refractivity contribution < 1.29 is 19.5 Å². The molecule has 1 rings (SSSR count). The monoisotopic (exact) mass is 263 g/mol. The van der Waals surface area contributed by atoms with Gasteiger partial charge in [0.2, 0.25) is 0 Å². The number of carbonyl (C=O) groups is 3. The standard InChI is InChI=1S/C14H17NO4/c1-9(16)2-7-13(17)11-5-3-10(4-6-11)8-12(15)14(18)19/h3-6,12H,2,7-8,15H2,1H3,(H,18,19)/t12-/m0/s1. The van der Waals surface area contributed by atoms with Crippen LogP contribution in [0.1, 0.15) is 35.7 Å². The number of benzene rings is 1. The Balaban J connectivity index is 2.63. The summed E-state index contributed by atoms with van der Waals surface area (Å²) in [6.07, 6.45) is 0.658. The molecule has 3 N–H and O–H groups in total. The Bertz CT molecular complexity index is 479. The highest BCUT2D eigenvalue weighted by Gasteiger charge is 2.12. The van der Waals surface area contributed by atoms with Crippen LogP contribution in [0.5, 0.6) is 0 Å². The minimum absolute atomic E-state index is 0.0163. The number of hydrogen-bond acceptors (Lipinski definition) is 4. The van der Waals surface area contributed by atoms with Gasteiger partial charge in [0.05, 0.1) is 0 Å². The predicted molar refractivity (Wildman–Crippen MR) is 70.0 cm³/mol. The molecule has 0 radical (unpaired) electrons. The van der Waals surface area contributed by atoms with Gasteiger partial charge < -0.3 is 15.6 Å². The van der Waals surface area contributed by atoms with E-state index in [2.05, 4.69) is 0 Å². The Morgan fingerprint density at radius 2 is 1.74 bits per heavy atom. The van der Waals surface area contributed by atoms with Crippen molar-refractivity contribution in [1.82, 2.24) is 0 Å². The van der Waals surface area contributed by atoms with E-state index in [9.17, 15) is 14.4 Å². The minimum Gasteiger partial charge on any atom is -0.480 e. The van der Waals surface area contributed by atoms with Gasteiger partial charge in [0.1, 0.15) is 11.8 Å². The molecule has 102 valence electrons. The summed E-state index contributed by atoms with van der Waals surface area (Å²) in [5, 5.41) is 8.70. The third-order valence-electron chi connectivity index (χ3n) is 2.75. The number of nitrogens with two attached hydrogens (primary N) is 1. The lowest BCUT2D eigenvalue weighted by Gasteiger charge is -2.07. The molecule has 0 bridgehead atoms. The number of carboxylic acids is 1. The van der Waals surface area contributed by atoms with E-state index >= 15 is 0 Å². The summed E-state index contributed by atoms with van der Waals surface area (Å²) < 4.78 is 0. The number of hydrogen-bond donors (Lipinski definition) is 2. The third-order valence-corrected chi connectivity index (χ3v) is 2.75. The molecule has 1 atom stereocenters. The van der Waals surface area contributed by atoms with Crippen LogP contribution in [0.4, 0.5) is 0 Å². The van der Waals surface area contributed by atoms with Crippen molar-refractivity contribution in [2.75, 3.05) is 0 Å². The molecular formula is C14H17NO4. The van der Waals surface area contributed by atoms with Gasteiger partial charge in [-0.2, -0.15) is 0 Å². The van der Waals surface area contributed by atoms with Crippen molar-refractivity contribution in [3.8, 4) is 0 Å². The molecule has 0 spiro atoms. The van der Waals surface area contributed by atoms with Gasteiger partial charge in [-0.05, 0) is 18.9 Å². The van der Waals surface area contributed by atoms with E-state index in [0.29, 0.717) is 5.56 Å². The van der Waals surface area contributed by atoms with Crippen LogP contribution in [0.15, 0.2) is 24.3 Å². The van der Waals surface area contributed by atoms with Crippen LogP contribution in [0, 0.1) is 0 Å². The average molecular weight is 263 g/mol. The molecule has 0 saturated heterocycles. The normalized spacial score (nSPS) is 11.9. The molecule has 0 aliphatic heterocycles. The molecule has 0 aliphatic carbocycles. The summed E-state index contributed by atoms with van der Waals surface area (Å²) in [5.74, 6) is -1.16. The highest BCUT2D eigenvalue weighted by molar-refractivity contribution is 5.97. The van der Waals surface area contributed by atoms with E-state index in [1.165, 1.54) is 6.92 Å². The zero-order valence-corrected chi connectivity index (χ0v) is 10.8. The molecule has 0 amide bonds. The predicted octanol–water partition coefficient (Wildman–Crippen LogP) is 1.19. The second-order valence-corrected chi connectivity index (χ2v) is 4.47. The largest absolute Gasteiger partial charge is 0.480 e. The zero-order chi connectivity index (χ0) is 14.4. The van der Waals surface area contributed by atoms with Crippen molar-refractivity contribution in [3.63, 3.8) is 0 Å². The van der Waals surface area contributed by atoms with Gasteiger partial charge in [-0.25, -0.2) is 0 Å². The van der Waals surface area contributed by atoms with Gasteiger partial charge in [-0.15, -0.1) is 0 Å². The fourth-order valence-electron chi connectivity index (χ4n) is 1.60. The van der Waals surface area contributed by atoms with Gasteiger partial charge in [-0.3, -0.25) is 9.59 Å². The summed E-state index contributed by atoms with van der Waals surface area (Å²) in [6.45, 7) is 1.45. The van der Waals surface area contributed by atoms with Crippen molar-refractivity contribution >= 4 is 17.5 Å². The van der Waals surface area contributed by atoms with Gasteiger partial charge >= 0.3 is 5.97 Å². The lowest BCUT2D eigenvalue weighted by atomic mass is 10.0. The zero-order valence-electron chi connectivity index (χ0n) is 10.8. The van der Waals surface area contributed by atoms with Gasteiger partial charge in [0, 0.05) is 18.4 Å². The van der Waals surface area contributed by atoms with Crippen LogP contribution < -0.4 is 5.73 Å². The lowest BCUT2D eigenvalue weighted by molar-refractivity contribution is -0.138. The summed E-state index contributed by atoms with van der Waals surface area (Å²) in [5.41, 5.74) is 6.71. The minimum atomic E-state index is -1.05. The molecule has 0 saturated carbocycles. The molecule has 5 heteroatoms. The van der Waals surface area contributed by atoms with E-state index in [-0.39, 0.29) is 30.8 Å². The Labute approximate surface area is 111 Å². The molecule has 5 nitrogen and oxygen atoms in total. The van der Waals surface area contributed by atoms with Gasteiger partial charge in [0.15, 0.2) is 5.78 Å². The van der Waals surface area contributed by atoms with E-state index in [4.69, 9.17) is 10.8 Å². The maximum Gasteiger partial charge on any atom is 0.320 e. The van der Waals surface area contributed by atoms with Crippen LogP contribution in [0.25, 0.3) is 0 Å². The highest BCUT2D eigenvalue weighted by atomic mass is 16.4. The smallest absolute Gasteiger partial charge is 0.320 e. The Hall–Kier alpha value is -2.01. The molecule has 1 aromatic carbocycles. The molecule has 1 aromatic rings. The number of Topliss-reactive ketones (excluding diaryl/α,β-unsaturated/α-hetero) is 2. The summed E-state index contributed by atoms with van der Waals surface area (Å²) in [4.78, 5) is 33.1. The van der Waals surface area contributed by atoms with Crippen LogP contribution in [0.2, 0.25) is 0 Å². The van der Waals surface area contributed by atoms with Gasteiger partial charge in [0.25, 0.3) is 0 Å². The molecule has 0 aromatic heterocycles. The quantitative estimate of drug-likeness (QED) is 0.720. The Morgan fingerprint density at radius 1 is 1.16 bits per heavy atom. The molecule has 0 aliphatic rings. The van der Waals surface area contributed by atoms with Crippen molar-refractivity contribution in [2.45, 2.75) is 32.2 Å². The van der Waals surface area contributed by atoms with Crippen LogP contribution in [-0.4, -0.2) is 28.7 Å². The topological polar surface area (TPSA) is 97.5 Å². The molecular weight excluding hydrogens is 246 g/mol. The van der Waals surface area contributed by atoms with E-state index in [1.54, 1.807) is 24.3 Å². The number of aliphatic carboxylic acids is 1. The maximum atomic E-state index is 11.7. The third kappa shape index (κ3) is 5.01. The first-order chi connectivity index (χ1) is 8.90. The molecule has 0 heterocycles. The molecule has 0 unspecified atom stereocenters. The SMILES string of the molecule is CC(=O)CCC(=O)c1ccc(C[C@H](N)C(=O)O)cc1. The van der Waals surface area contributed by atoms with E-state index < -0.39 is 12.0 Å². The van der Waals surface area contributed by atoms with Crippen molar-refractivity contribution in [2.24, 2.45) is 5.73 Å². The van der Waals surface area contributed by atoms with Crippen molar-refractivity contribution in [1.29, 1.82) is 0 Å². The second-order valence-electron chi connectivity index (χ2n) is 4.47. The average Bonchev–Trinajstić information content (AvgIpc) is 2.36. The van der Waals surface area contributed by atoms with Gasteiger partial charge in [-0.1, -0.05) is 24.3 Å². The number of carboxylic acid groups (broad SMARTS) is 1. The maximum absolute atomic E-state index is 11.7. The van der Waals surface area contributed by atoms with Crippen LogP contribution >= 0.6 is 0 Å². The lowest BCUT2D eigenvalue weighted by Crippen LogP contribution is -2.32. The first-order valence-corrected chi connectivity index (χ1v) is 6.00. The molecule has 0 fully saturated rings. The highest BCUT2D eigenvalue weighted by Crippen LogP contribution is 2.10. The fraction of sp³-hybridized carbons (Fsp3) is 0.357. The number of carbonyl (C=O) groups excluding carboxylic acids is 2. The first kappa shape index (κ1) is 15.0.